The molecule has 0 spiro atoms. The van der Waals surface area contributed by atoms with Gasteiger partial charge >= 0.3 is 0 Å². The molecule has 1 heterocycles. The Labute approximate surface area is 183 Å². The van der Waals surface area contributed by atoms with E-state index in [0.29, 0.717) is 26.2 Å². The Morgan fingerprint density at radius 2 is 1.40 bits per heavy atom. The first-order chi connectivity index (χ1) is 14.7. The first-order valence-electron chi connectivity index (χ1n) is 11.5. The highest BCUT2D eigenvalue weighted by molar-refractivity contribution is 7.42. The van der Waals surface area contributed by atoms with Crippen LogP contribution in [0.5, 0.6) is 0 Å². The van der Waals surface area contributed by atoms with Crippen molar-refractivity contribution in [3.8, 4) is 0 Å². The molecule has 0 saturated carbocycles. The molecule has 1 aliphatic heterocycles. The molecule has 0 unspecified atom stereocenters. The summed E-state index contributed by atoms with van der Waals surface area (Å²) in [4.78, 5) is 31.4. The molecule has 1 aromatic rings. The van der Waals surface area contributed by atoms with Gasteiger partial charge < -0.3 is 14.5 Å². The summed E-state index contributed by atoms with van der Waals surface area (Å²) >= 11 is 0. The van der Waals surface area contributed by atoms with Crippen LogP contribution in [0, 0.1) is 0 Å². The molecule has 6 nitrogen and oxygen atoms in total. The van der Waals surface area contributed by atoms with Crippen molar-refractivity contribution in [1.82, 2.24) is 9.79 Å². The number of rotatable bonds is 16. The van der Waals surface area contributed by atoms with E-state index >= 15 is 0 Å². The lowest BCUT2D eigenvalue weighted by Crippen LogP contribution is -2.46. The van der Waals surface area contributed by atoms with E-state index in [0.717, 1.165) is 44.3 Å². The van der Waals surface area contributed by atoms with Gasteiger partial charge in [-0.3, -0.25) is 4.79 Å². The van der Waals surface area contributed by atoms with Gasteiger partial charge in [0.15, 0.2) is 5.78 Å². The predicted octanol–water partition coefficient (Wildman–Crippen LogP) is 4.92. The number of ether oxygens (including phenoxy) is 1. The van der Waals surface area contributed by atoms with Crippen molar-refractivity contribution in [3.05, 3.63) is 35.9 Å². The topological polar surface area (TPSA) is 73.2 Å². The van der Waals surface area contributed by atoms with Crippen LogP contribution >= 0.6 is 8.53 Å². The van der Waals surface area contributed by atoms with Crippen LogP contribution < -0.4 is 0 Å². The standard InChI is InChI=1S/C23H39N2O4P/c26-23(22-14-10-9-11-15-22)16-12-7-5-3-1-2-4-6-8-13-17-25(30(27)28)24-18-20-29-21-19-24/h9-11,14-15,27-28H,1-8,12-13,16-21H2. The van der Waals surface area contributed by atoms with Crippen molar-refractivity contribution < 1.29 is 19.3 Å². The first-order valence-corrected chi connectivity index (χ1v) is 12.7. The summed E-state index contributed by atoms with van der Waals surface area (Å²) in [5.41, 5.74) is 0.833. The fourth-order valence-electron chi connectivity index (χ4n) is 3.85. The number of nitrogens with zero attached hydrogens (tertiary/aromatic N) is 2. The molecule has 1 aromatic carbocycles. The Morgan fingerprint density at radius 1 is 0.867 bits per heavy atom. The number of Topliss-reactive ketones (excluding diaryl/α,β-unsaturated/α-hetero) is 1. The third-order valence-corrected chi connectivity index (χ3v) is 6.49. The quantitative estimate of drug-likeness (QED) is 0.217. The number of hydrogen-bond acceptors (Lipinski definition) is 6. The van der Waals surface area contributed by atoms with Gasteiger partial charge in [-0.1, -0.05) is 81.7 Å². The lowest BCUT2D eigenvalue weighted by Gasteiger charge is -2.37. The van der Waals surface area contributed by atoms with E-state index in [4.69, 9.17) is 4.74 Å². The molecule has 0 bridgehead atoms. The van der Waals surface area contributed by atoms with Crippen LogP contribution in [0.1, 0.15) is 81.0 Å². The van der Waals surface area contributed by atoms with E-state index in [-0.39, 0.29) is 5.78 Å². The van der Waals surface area contributed by atoms with Gasteiger partial charge in [-0.05, 0) is 12.8 Å². The molecule has 2 rings (SSSR count). The number of carbonyl (C=O) groups is 1. The number of unbranched alkanes of at least 4 members (excludes halogenated alkanes) is 9. The molecule has 1 fully saturated rings. The predicted molar refractivity (Wildman–Crippen MR) is 122 cm³/mol. The van der Waals surface area contributed by atoms with Crippen LogP contribution in [0.4, 0.5) is 0 Å². The highest BCUT2D eigenvalue weighted by atomic mass is 31.2. The molecule has 1 aliphatic rings. The van der Waals surface area contributed by atoms with Gasteiger partial charge in [0.2, 0.25) is 0 Å². The summed E-state index contributed by atoms with van der Waals surface area (Å²) in [5.74, 6) is 0.262. The first kappa shape index (κ1) is 25.4. The van der Waals surface area contributed by atoms with Crippen molar-refractivity contribution in [1.29, 1.82) is 0 Å². The summed E-state index contributed by atoms with van der Waals surface area (Å²) in [5, 5.41) is 2.02. The van der Waals surface area contributed by atoms with Crippen molar-refractivity contribution in [2.75, 3.05) is 32.8 Å². The fourth-order valence-corrected chi connectivity index (χ4v) is 4.58. The van der Waals surface area contributed by atoms with Crippen LogP contribution in [-0.2, 0) is 4.74 Å². The van der Waals surface area contributed by atoms with Crippen molar-refractivity contribution in [2.24, 2.45) is 0 Å². The van der Waals surface area contributed by atoms with Gasteiger partial charge in [-0.25, -0.2) is 5.01 Å². The van der Waals surface area contributed by atoms with Gasteiger partial charge in [0, 0.05) is 31.6 Å². The Kier molecular flexibility index (Phi) is 13.4. The van der Waals surface area contributed by atoms with Crippen LogP contribution in [0.25, 0.3) is 0 Å². The maximum Gasteiger partial charge on any atom is 0.267 e. The monoisotopic (exact) mass is 438 g/mol. The van der Waals surface area contributed by atoms with Gasteiger partial charge in [0.05, 0.1) is 13.2 Å². The minimum absolute atomic E-state index is 0.262. The number of carbonyl (C=O) groups excluding carboxylic acids is 1. The second-order valence-corrected chi connectivity index (χ2v) is 9.00. The summed E-state index contributed by atoms with van der Waals surface area (Å²) < 4.78 is 7.05. The molecule has 1 saturated heterocycles. The van der Waals surface area contributed by atoms with E-state index in [9.17, 15) is 14.6 Å². The Balaban J connectivity index is 1.39. The van der Waals surface area contributed by atoms with E-state index in [2.05, 4.69) is 0 Å². The van der Waals surface area contributed by atoms with E-state index in [1.54, 1.807) is 4.78 Å². The molecule has 7 heteroatoms. The molecule has 0 atom stereocenters. The molecule has 170 valence electrons. The zero-order valence-corrected chi connectivity index (χ0v) is 19.1. The zero-order chi connectivity index (χ0) is 21.4. The highest BCUT2D eigenvalue weighted by Gasteiger charge is 2.23. The number of benzene rings is 1. The second-order valence-electron chi connectivity index (χ2n) is 8.00. The van der Waals surface area contributed by atoms with Crippen molar-refractivity contribution in [3.63, 3.8) is 0 Å². The zero-order valence-electron chi connectivity index (χ0n) is 18.3. The maximum atomic E-state index is 12.0. The smallest absolute Gasteiger partial charge is 0.267 e. The van der Waals surface area contributed by atoms with E-state index in [1.165, 1.54) is 38.5 Å². The molecular weight excluding hydrogens is 399 g/mol. The number of hydrazine groups is 1. The van der Waals surface area contributed by atoms with Crippen LogP contribution in [0.2, 0.25) is 0 Å². The number of hydrogen-bond donors (Lipinski definition) is 2. The lowest BCUT2D eigenvalue weighted by atomic mass is 10.0. The second kappa shape index (κ2) is 15.9. The summed E-state index contributed by atoms with van der Waals surface area (Å²) in [6.45, 7) is 3.49. The minimum Gasteiger partial charge on any atom is -0.379 e. The van der Waals surface area contributed by atoms with Gasteiger partial charge in [-0.2, -0.15) is 4.78 Å². The Morgan fingerprint density at radius 3 is 1.97 bits per heavy atom. The highest BCUT2D eigenvalue weighted by Crippen LogP contribution is 2.32. The van der Waals surface area contributed by atoms with Crippen LogP contribution in [0.3, 0.4) is 0 Å². The van der Waals surface area contributed by atoms with Gasteiger partial charge in [0.25, 0.3) is 8.53 Å². The molecule has 0 aliphatic carbocycles. The Bertz CT molecular complexity index is 568. The van der Waals surface area contributed by atoms with Crippen molar-refractivity contribution >= 4 is 14.3 Å². The third-order valence-electron chi connectivity index (χ3n) is 5.63. The minimum atomic E-state index is -2.06. The number of morpholine rings is 1. The SMILES string of the molecule is O=C(CCCCCCCCCCCCN(N1CCOCC1)P(O)O)c1ccccc1. The third kappa shape index (κ3) is 10.4. The van der Waals surface area contributed by atoms with E-state index < -0.39 is 8.53 Å². The molecule has 0 amide bonds. The van der Waals surface area contributed by atoms with Crippen molar-refractivity contribution in [2.45, 2.75) is 70.6 Å². The Hall–Kier alpha value is -0.880. The molecule has 2 N–H and O–H groups in total. The summed E-state index contributed by atoms with van der Waals surface area (Å²) in [7, 11) is -2.06. The van der Waals surface area contributed by atoms with Gasteiger partial charge in [0.1, 0.15) is 0 Å². The average molecular weight is 439 g/mol. The van der Waals surface area contributed by atoms with Crippen LogP contribution in [-0.4, -0.2) is 58.2 Å². The average Bonchev–Trinajstić information content (AvgIpc) is 2.77. The fraction of sp³-hybridized carbons (Fsp3) is 0.696. The van der Waals surface area contributed by atoms with E-state index in [1.807, 2.05) is 35.3 Å². The molecule has 0 radical (unpaired) electrons. The van der Waals surface area contributed by atoms with Crippen LogP contribution in [0.15, 0.2) is 30.3 Å². The molecule has 0 aromatic heterocycles. The molecule has 30 heavy (non-hydrogen) atoms. The largest absolute Gasteiger partial charge is 0.379 e. The molecular formula is C23H39N2O4P. The maximum absolute atomic E-state index is 12.0. The van der Waals surface area contributed by atoms with Gasteiger partial charge in [-0.15, -0.1) is 0 Å². The summed E-state index contributed by atoms with van der Waals surface area (Å²) in [6.07, 6.45) is 12.4. The summed E-state index contributed by atoms with van der Waals surface area (Å²) in [6, 6.07) is 9.58. The number of ketones is 1. The lowest BCUT2D eigenvalue weighted by molar-refractivity contribution is -0.0489. The normalized spacial score (nSPS) is 15.2.